The second kappa shape index (κ2) is 7.06. The third-order valence-electron chi connectivity index (χ3n) is 3.16. The highest BCUT2D eigenvalue weighted by molar-refractivity contribution is 6.00. The SMILES string of the molecule is Cl.O=C1CCC(NCc2ccc(F)cc2C(F)(F)F)C(=O)N1. The van der Waals surface area contributed by atoms with E-state index in [9.17, 15) is 27.2 Å². The third-order valence-corrected chi connectivity index (χ3v) is 3.16. The number of imide groups is 1. The molecule has 1 heterocycles. The topological polar surface area (TPSA) is 58.2 Å². The van der Waals surface area contributed by atoms with Crippen molar-refractivity contribution < 1.29 is 27.2 Å². The molecule has 9 heteroatoms. The molecule has 1 atom stereocenters. The molecular formula is C13H13ClF4N2O2. The number of piperidine rings is 1. The van der Waals surface area contributed by atoms with Crippen molar-refractivity contribution in [1.29, 1.82) is 0 Å². The molecule has 4 nitrogen and oxygen atoms in total. The zero-order valence-electron chi connectivity index (χ0n) is 11.2. The van der Waals surface area contributed by atoms with Gasteiger partial charge in [0.2, 0.25) is 11.8 Å². The molecule has 1 unspecified atom stereocenters. The molecule has 2 amide bonds. The van der Waals surface area contributed by atoms with Crippen molar-refractivity contribution in [1.82, 2.24) is 10.6 Å². The third kappa shape index (κ3) is 4.41. The van der Waals surface area contributed by atoms with Crippen LogP contribution in [0.3, 0.4) is 0 Å². The van der Waals surface area contributed by atoms with E-state index in [-0.39, 0.29) is 37.4 Å². The lowest BCUT2D eigenvalue weighted by atomic mass is 10.0. The molecule has 0 aromatic heterocycles. The largest absolute Gasteiger partial charge is 0.416 e. The first-order valence-electron chi connectivity index (χ1n) is 6.20. The summed E-state index contributed by atoms with van der Waals surface area (Å²) in [6.45, 7) is -0.249. The summed E-state index contributed by atoms with van der Waals surface area (Å²) in [6, 6.07) is 1.63. The average Bonchev–Trinajstić information content (AvgIpc) is 2.38. The minimum Gasteiger partial charge on any atom is -0.302 e. The Bertz CT molecular complexity index is 578. The summed E-state index contributed by atoms with van der Waals surface area (Å²) in [7, 11) is 0. The Morgan fingerprint density at radius 3 is 2.55 bits per heavy atom. The number of amides is 2. The first kappa shape index (κ1) is 18.4. The molecule has 2 rings (SSSR count). The van der Waals surface area contributed by atoms with Gasteiger partial charge < -0.3 is 5.32 Å². The number of halogens is 5. The number of alkyl halides is 3. The molecule has 0 saturated carbocycles. The summed E-state index contributed by atoms with van der Waals surface area (Å²) in [5.41, 5.74) is -1.24. The van der Waals surface area contributed by atoms with Gasteiger partial charge in [-0.2, -0.15) is 13.2 Å². The van der Waals surface area contributed by atoms with E-state index in [0.717, 1.165) is 12.1 Å². The molecule has 0 bridgehead atoms. The van der Waals surface area contributed by atoms with Crippen molar-refractivity contribution in [2.45, 2.75) is 31.6 Å². The smallest absolute Gasteiger partial charge is 0.302 e. The fraction of sp³-hybridized carbons (Fsp3) is 0.385. The van der Waals surface area contributed by atoms with Gasteiger partial charge in [-0.1, -0.05) is 6.07 Å². The van der Waals surface area contributed by atoms with Crippen LogP contribution in [0.4, 0.5) is 17.6 Å². The summed E-state index contributed by atoms with van der Waals surface area (Å²) in [4.78, 5) is 22.5. The Kier molecular flexibility index (Phi) is 5.90. The van der Waals surface area contributed by atoms with E-state index in [0.29, 0.717) is 6.07 Å². The van der Waals surface area contributed by atoms with Crippen LogP contribution in [0.5, 0.6) is 0 Å². The Morgan fingerprint density at radius 2 is 1.95 bits per heavy atom. The summed E-state index contributed by atoms with van der Waals surface area (Å²) in [5, 5.41) is 4.75. The van der Waals surface area contributed by atoms with E-state index >= 15 is 0 Å². The molecule has 0 aliphatic carbocycles. The van der Waals surface area contributed by atoms with Crippen molar-refractivity contribution in [2.75, 3.05) is 0 Å². The van der Waals surface area contributed by atoms with E-state index in [2.05, 4.69) is 10.6 Å². The molecule has 1 saturated heterocycles. The van der Waals surface area contributed by atoms with Crippen LogP contribution in [0.15, 0.2) is 18.2 Å². The summed E-state index contributed by atoms with van der Waals surface area (Å²) in [6.07, 6.45) is -4.34. The van der Waals surface area contributed by atoms with Crippen LogP contribution >= 0.6 is 12.4 Å². The lowest BCUT2D eigenvalue weighted by molar-refractivity contribution is -0.138. The standard InChI is InChI=1S/C13H12F4N2O2.ClH/c14-8-2-1-7(9(5-8)13(15,16)17)6-18-10-3-4-11(20)19-12(10)21;/h1-2,5,10,18H,3-4,6H2,(H,19,20,21);1H. The van der Waals surface area contributed by atoms with Crippen molar-refractivity contribution in [2.24, 2.45) is 0 Å². The zero-order valence-corrected chi connectivity index (χ0v) is 12.0. The van der Waals surface area contributed by atoms with E-state index in [1.165, 1.54) is 0 Å². The summed E-state index contributed by atoms with van der Waals surface area (Å²) < 4.78 is 51.4. The minimum absolute atomic E-state index is 0. The maximum Gasteiger partial charge on any atom is 0.416 e. The van der Waals surface area contributed by atoms with Gasteiger partial charge in [0, 0.05) is 13.0 Å². The van der Waals surface area contributed by atoms with E-state index in [1.54, 1.807) is 0 Å². The second-order valence-electron chi connectivity index (χ2n) is 4.68. The van der Waals surface area contributed by atoms with Gasteiger partial charge in [-0.15, -0.1) is 12.4 Å². The lowest BCUT2D eigenvalue weighted by Crippen LogP contribution is -2.50. The van der Waals surface area contributed by atoms with Crippen LogP contribution in [-0.4, -0.2) is 17.9 Å². The molecule has 1 aromatic carbocycles. The summed E-state index contributed by atoms with van der Waals surface area (Å²) in [5.74, 6) is -1.95. The first-order chi connectivity index (χ1) is 9.77. The number of rotatable bonds is 3. The number of carbonyl (C=O) groups is 2. The number of carbonyl (C=O) groups excluding carboxylic acids is 2. The van der Waals surface area contributed by atoms with Gasteiger partial charge >= 0.3 is 6.18 Å². The predicted molar refractivity (Wildman–Crippen MR) is 71.7 cm³/mol. The normalized spacial score (nSPS) is 18.6. The Hall–Kier alpha value is -1.67. The van der Waals surface area contributed by atoms with Crippen molar-refractivity contribution >= 4 is 24.2 Å². The van der Waals surface area contributed by atoms with Crippen LogP contribution in [0.25, 0.3) is 0 Å². The number of nitrogens with one attached hydrogen (secondary N) is 2. The Morgan fingerprint density at radius 1 is 1.27 bits per heavy atom. The molecule has 1 aliphatic rings. The van der Waals surface area contributed by atoms with Gasteiger partial charge in [-0.3, -0.25) is 14.9 Å². The molecule has 22 heavy (non-hydrogen) atoms. The number of hydrogen-bond acceptors (Lipinski definition) is 3. The molecule has 122 valence electrons. The van der Waals surface area contributed by atoms with Crippen molar-refractivity contribution in [3.05, 3.63) is 35.1 Å². The van der Waals surface area contributed by atoms with E-state index < -0.39 is 35.4 Å². The lowest BCUT2D eigenvalue weighted by Gasteiger charge is -2.22. The Balaban J connectivity index is 0.00000242. The van der Waals surface area contributed by atoms with Crippen molar-refractivity contribution in [3.63, 3.8) is 0 Å². The fourth-order valence-corrected chi connectivity index (χ4v) is 2.09. The molecular weight excluding hydrogens is 328 g/mol. The monoisotopic (exact) mass is 340 g/mol. The van der Waals surface area contributed by atoms with Gasteiger partial charge in [0.05, 0.1) is 11.6 Å². The van der Waals surface area contributed by atoms with Crippen molar-refractivity contribution in [3.8, 4) is 0 Å². The first-order valence-corrected chi connectivity index (χ1v) is 6.20. The molecule has 2 N–H and O–H groups in total. The molecule has 0 radical (unpaired) electrons. The van der Waals surface area contributed by atoms with Gasteiger partial charge in [0.15, 0.2) is 0 Å². The van der Waals surface area contributed by atoms with Crippen LogP contribution in [-0.2, 0) is 22.3 Å². The maximum absolute atomic E-state index is 13.0. The minimum atomic E-state index is -4.68. The van der Waals surface area contributed by atoms with Crippen LogP contribution < -0.4 is 10.6 Å². The van der Waals surface area contributed by atoms with E-state index in [4.69, 9.17) is 0 Å². The van der Waals surface area contributed by atoms with Gasteiger partial charge in [-0.25, -0.2) is 4.39 Å². The second-order valence-corrected chi connectivity index (χ2v) is 4.68. The van der Waals surface area contributed by atoms with Gasteiger partial charge in [-0.05, 0) is 24.1 Å². The fourth-order valence-electron chi connectivity index (χ4n) is 2.09. The molecule has 0 spiro atoms. The van der Waals surface area contributed by atoms with Crippen LogP contribution in [0.2, 0.25) is 0 Å². The highest BCUT2D eigenvalue weighted by atomic mass is 35.5. The molecule has 1 fully saturated rings. The average molecular weight is 341 g/mol. The number of benzene rings is 1. The quantitative estimate of drug-likeness (QED) is 0.655. The maximum atomic E-state index is 13.0. The highest BCUT2D eigenvalue weighted by Crippen LogP contribution is 2.32. The molecule has 1 aliphatic heterocycles. The Labute approximate surface area is 129 Å². The van der Waals surface area contributed by atoms with Gasteiger partial charge in [0.1, 0.15) is 5.82 Å². The predicted octanol–water partition coefficient (Wildman–Crippen LogP) is 2.16. The highest BCUT2D eigenvalue weighted by Gasteiger charge is 2.34. The van der Waals surface area contributed by atoms with E-state index in [1.807, 2.05) is 0 Å². The molecule has 1 aromatic rings. The summed E-state index contributed by atoms with van der Waals surface area (Å²) >= 11 is 0. The van der Waals surface area contributed by atoms with Gasteiger partial charge in [0.25, 0.3) is 0 Å². The van der Waals surface area contributed by atoms with Crippen LogP contribution in [0, 0.1) is 5.82 Å². The number of hydrogen-bond donors (Lipinski definition) is 2. The van der Waals surface area contributed by atoms with Crippen LogP contribution in [0.1, 0.15) is 24.0 Å². The zero-order chi connectivity index (χ0) is 15.6.